The summed E-state index contributed by atoms with van der Waals surface area (Å²) in [6, 6.07) is 0. The summed E-state index contributed by atoms with van der Waals surface area (Å²) < 4.78 is 9.49. The van der Waals surface area contributed by atoms with E-state index in [1.54, 1.807) is 36.5 Å². The summed E-state index contributed by atoms with van der Waals surface area (Å²) in [4.78, 5) is 22.2. The number of esters is 2. The van der Waals surface area contributed by atoms with Crippen LogP contribution >= 0.6 is 0 Å². The van der Waals surface area contributed by atoms with Crippen LogP contribution in [0.3, 0.4) is 0 Å². The Bertz CT molecular complexity index is 607. The van der Waals surface area contributed by atoms with Gasteiger partial charge in [-0.3, -0.25) is 9.59 Å². The molecule has 0 aliphatic carbocycles. The monoisotopic (exact) mass is 452 g/mol. The minimum atomic E-state index is -1.05. The maximum absolute atomic E-state index is 11.6. The number of aliphatic hydroxyl groups excluding tert-OH is 3. The summed E-state index contributed by atoms with van der Waals surface area (Å²) in [5, 5.41) is 29.2. The van der Waals surface area contributed by atoms with Gasteiger partial charge in [0.25, 0.3) is 0 Å². The lowest BCUT2D eigenvalue weighted by Gasteiger charge is -2.11. The molecule has 0 unspecified atom stereocenters. The summed E-state index contributed by atoms with van der Waals surface area (Å²) in [7, 11) is 0. The van der Waals surface area contributed by atoms with Crippen LogP contribution in [-0.2, 0) is 19.1 Å². The van der Waals surface area contributed by atoms with E-state index in [9.17, 15) is 24.9 Å². The summed E-state index contributed by atoms with van der Waals surface area (Å²) in [6.45, 7) is 2.94. The molecule has 7 heteroatoms. The van der Waals surface area contributed by atoms with Gasteiger partial charge in [0.2, 0.25) is 0 Å². The second-order valence-corrected chi connectivity index (χ2v) is 7.52. The molecule has 0 aromatic carbocycles. The van der Waals surface area contributed by atoms with Crippen LogP contribution in [-0.4, -0.2) is 58.8 Å². The van der Waals surface area contributed by atoms with Crippen LogP contribution in [0.2, 0.25) is 0 Å². The molecule has 0 rings (SSSR count). The fraction of sp³-hybridized carbons (Fsp3) is 0.600. The van der Waals surface area contributed by atoms with E-state index in [1.165, 1.54) is 26.2 Å². The standard InChI is InChI=1S/C25H40O7/c1-3-4-5-6-7-10-14-22(27)15-11-8-9-12-16-23(28)17-13-18-25(30)32-20-24(29)19-31-21(2)26/h7-12,15-16,22-24,27-29H,3-6,13-14,17-20H2,1-2H3/b9-8+,10-7-,15-11+,16-12-/t22-,23-,24-/m1/s1. The van der Waals surface area contributed by atoms with Gasteiger partial charge in [0.05, 0.1) is 12.2 Å². The molecule has 3 atom stereocenters. The lowest BCUT2D eigenvalue weighted by atomic mass is 10.1. The molecule has 0 amide bonds. The Hall–Kier alpha value is -2.22. The first-order valence-electron chi connectivity index (χ1n) is 11.3. The van der Waals surface area contributed by atoms with Gasteiger partial charge in [-0.05, 0) is 32.1 Å². The smallest absolute Gasteiger partial charge is 0.305 e. The number of carbonyl (C=O) groups excluding carboxylic acids is 2. The van der Waals surface area contributed by atoms with Gasteiger partial charge in [-0.2, -0.15) is 0 Å². The van der Waals surface area contributed by atoms with Gasteiger partial charge >= 0.3 is 11.9 Å². The first-order chi connectivity index (χ1) is 15.3. The molecule has 32 heavy (non-hydrogen) atoms. The largest absolute Gasteiger partial charge is 0.463 e. The summed E-state index contributed by atoms with van der Waals surface area (Å²) in [5.74, 6) is -0.996. The van der Waals surface area contributed by atoms with Crippen LogP contribution in [0.25, 0.3) is 0 Å². The Morgan fingerprint density at radius 1 is 0.844 bits per heavy atom. The number of rotatable bonds is 18. The number of ether oxygens (including phenoxy) is 2. The van der Waals surface area contributed by atoms with E-state index < -0.39 is 30.3 Å². The Balaban J connectivity index is 3.88. The number of carbonyl (C=O) groups is 2. The van der Waals surface area contributed by atoms with Gasteiger partial charge in [0.15, 0.2) is 0 Å². The molecule has 7 nitrogen and oxygen atoms in total. The highest BCUT2D eigenvalue weighted by molar-refractivity contribution is 5.69. The number of allylic oxidation sites excluding steroid dienone is 5. The average Bonchev–Trinajstić information content (AvgIpc) is 2.75. The maximum atomic E-state index is 11.6. The third-order valence-electron chi connectivity index (χ3n) is 4.31. The number of hydrogen-bond acceptors (Lipinski definition) is 7. The third-order valence-corrected chi connectivity index (χ3v) is 4.31. The number of hydrogen-bond donors (Lipinski definition) is 3. The molecule has 0 fully saturated rings. The van der Waals surface area contributed by atoms with Crippen LogP contribution in [0, 0.1) is 0 Å². The summed E-state index contributed by atoms with van der Waals surface area (Å²) in [5.41, 5.74) is 0. The van der Waals surface area contributed by atoms with E-state index in [0.717, 1.165) is 6.42 Å². The fourth-order valence-electron chi connectivity index (χ4n) is 2.53. The molecule has 0 aliphatic heterocycles. The second kappa shape index (κ2) is 20.7. The van der Waals surface area contributed by atoms with Gasteiger partial charge in [-0.15, -0.1) is 0 Å². The maximum Gasteiger partial charge on any atom is 0.305 e. The molecule has 0 radical (unpaired) electrons. The molecule has 0 bridgehead atoms. The minimum absolute atomic E-state index is 0.120. The molecule has 3 N–H and O–H groups in total. The van der Waals surface area contributed by atoms with Crippen molar-refractivity contribution in [2.75, 3.05) is 13.2 Å². The summed E-state index contributed by atoms with van der Waals surface area (Å²) >= 11 is 0. The topological polar surface area (TPSA) is 113 Å². The lowest BCUT2D eigenvalue weighted by Crippen LogP contribution is -2.24. The Kier molecular flexibility index (Phi) is 19.2. The van der Waals surface area contributed by atoms with Crippen LogP contribution in [0.5, 0.6) is 0 Å². The molecule has 0 aromatic rings. The first-order valence-corrected chi connectivity index (χ1v) is 11.3. The van der Waals surface area contributed by atoms with Gasteiger partial charge < -0.3 is 24.8 Å². The van der Waals surface area contributed by atoms with E-state index in [2.05, 4.69) is 17.7 Å². The van der Waals surface area contributed by atoms with Crippen molar-refractivity contribution in [2.45, 2.75) is 83.5 Å². The Morgan fingerprint density at radius 2 is 1.50 bits per heavy atom. The Morgan fingerprint density at radius 3 is 2.16 bits per heavy atom. The third kappa shape index (κ3) is 21.0. The van der Waals surface area contributed by atoms with E-state index in [-0.39, 0.29) is 19.6 Å². The van der Waals surface area contributed by atoms with Crippen molar-refractivity contribution in [1.29, 1.82) is 0 Å². The molecule has 0 aliphatic rings. The highest BCUT2D eigenvalue weighted by atomic mass is 16.6. The van der Waals surface area contributed by atoms with Crippen molar-refractivity contribution in [3.8, 4) is 0 Å². The van der Waals surface area contributed by atoms with Gasteiger partial charge in [0, 0.05) is 13.3 Å². The van der Waals surface area contributed by atoms with E-state index in [0.29, 0.717) is 19.3 Å². The van der Waals surface area contributed by atoms with Gasteiger partial charge in [0.1, 0.15) is 19.3 Å². The van der Waals surface area contributed by atoms with Gasteiger partial charge in [-0.25, -0.2) is 0 Å². The summed E-state index contributed by atoms with van der Waals surface area (Å²) in [6.07, 6.45) is 18.4. The van der Waals surface area contributed by atoms with Crippen molar-refractivity contribution in [2.24, 2.45) is 0 Å². The van der Waals surface area contributed by atoms with Gasteiger partial charge in [-0.1, -0.05) is 68.4 Å². The number of unbranched alkanes of at least 4 members (excludes halogenated alkanes) is 3. The quantitative estimate of drug-likeness (QED) is 0.126. The van der Waals surface area contributed by atoms with Crippen molar-refractivity contribution in [3.05, 3.63) is 48.6 Å². The average molecular weight is 453 g/mol. The highest BCUT2D eigenvalue weighted by Gasteiger charge is 2.11. The minimum Gasteiger partial charge on any atom is -0.463 e. The normalized spacial score (nSPS) is 15.0. The zero-order chi connectivity index (χ0) is 24.0. The van der Waals surface area contributed by atoms with E-state index in [4.69, 9.17) is 4.74 Å². The molecular formula is C25H40O7. The molecule has 0 saturated heterocycles. The fourth-order valence-corrected chi connectivity index (χ4v) is 2.53. The molecule has 0 saturated carbocycles. The first kappa shape index (κ1) is 29.8. The predicted octanol–water partition coefficient (Wildman–Crippen LogP) is 3.54. The zero-order valence-electron chi connectivity index (χ0n) is 19.4. The molecular weight excluding hydrogens is 412 g/mol. The molecule has 182 valence electrons. The molecule has 0 heterocycles. The van der Waals surface area contributed by atoms with Crippen molar-refractivity contribution < 1.29 is 34.4 Å². The Labute approximate surface area is 192 Å². The molecule has 0 spiro atoms. The number of aliphatic hydroxyl groups is 3. The van der Waals surface area contributed by atoms with Crippen molar-refractivity contribution in [1.82, 2.24) is 0 Å². The lowest BCUT2D eigenvalue weighted by molar-refractivity contribution is -0.151. The van der Waals surface area contributed by atoms with E-state index in [1.807, 2.05) is 6.08 Å². The molecule has 0 aromatic heterocycles. The zero-order valence-corrected chi connectivity index (χ0v) is 19.4. The van der Waals surface area contributed by atoms with Crippen LogP contribution < -0.4 is 0 Å². The van der Waals surface area contributed by atoms with Crippen LogP contribution in [0.1, 0.15) is 65.2 Å². The van der Waals surface area contributed by atoms with Crippen LogP contribution in [0.15, 0.2) is 48.6 Å². The highest BCUT2D eigenvalue weighted by Crippen LogP contribution is 2.05. The van der Waals surface area contributed by atoms with Crippen molar-refractivity contribution >= 4 is 11.9 Å². The van der Waals surface area contributed by atoms with Crippen molar-refractivity contribution in [3.63, 3.8) is 0 Å². The SMILES string of the molecule is CCCCC/C=C\C[C@@H](O)/C=C/C=C/C=C\[C@@H](O)CCCC(=O)OC[C@H](O)COC(C)=O. The van der Waals surface area contributed by atoms with Crippen LogP contribution in [0.4, 0.5) is 0 Å². The second-order valence-electron chi connectivity index (χ2n) is 7.52. The predicted molar refractivity (Wildman–Crippen MR) is 125 cm³/mol. The van der Waals surface area contributed by atoms with E-state index >= 15 is 0 Å².